The molecule has 0 bridgehead atoms. The average molecular weight is 191 g/mol. The van der Waals surface area contributed by atoms with E-state index in [4.69, 9.17) is 11.1 Å². The molecule has 2 rings (SSSR count). The first-order valence-corrected chi connectivity index (χ1v) is 4.53. The Bertz CT molecular complexity index is 409. The van der Waals surface area contributed by atoms with Crippen LogP contribution in [0.4, 0.5) is 0 Å². The van der Waals surface area contributed by atoms with E-state index in [0.29, 0.717) is 11.6 Å². The number of rotatable bonds is 1. The molecule has 0 amide bonds. The third kappa shape index (κ3) is 1.23. The number of hydrogen-bond acceptors (Lipinski definition) is 3. The number of thiol groups is 1. The molecule has 4 heteroatoms. The Kier molecular flexibility index (Phi) is 1.84. The van der Waals surface area contributed by atoms with E-state index in [1.807, 2.05) is 18.2 Å². The predicted octanol–water partition coefficient (Wildman–Crippen LogP) is 1.16. The predicted molar refractivity (Wildman–Crippen MR) is 56.7 cm³/mol. The molecule has 1 aliphatic heterocycles. The van der Waals surface area contributed by atoms with Crippen molar-refractivity contribution in [3.63, 3.8) is 0 Å². The average Bonchev–Trinajstić information content (AvgIpc) is 2.42. The van der Waals surface area contributed by atoms with Crippen LogP contribution in [-0.4, -0.2) is 11.7 Å². The molecule has 0 saturated carbocycles. The van der Waals surface area contributed by atoms with E-state index in [2.05, 4.69) is 17.6 Å². The van der Waals surface area contributed by atoms with Gasteiger partial charge in [-0.3, -0.25) is 5.41 Å². The van der Waals surface area contributed by atoms with Crippen molar-refractivity contribution in [3.05, 3.63) is 34.9 Å². The summed E-state index contributed by atoms with van der Waals surface area (Å²) in [5, 5.41) is 7.54. The van der Waals surface area contributed by atoms with Gasteiger partial charge in [0.2, 0.25) is 0 Å². The zero-order valence-electron chi connectivity index (χ0n) is 6.91. The van der Waals surface area contributed by atoms with Crippen molar-refractivity contribution < 1.29 is 0 Å². The van der Waals surface area contributed by atoms with Crippen LogP contribution in [0, 0.1) is 5.41 Å². The van der Waals surface area contributed by atoms with Crippen molar-refractivity contribution in [1.29, 1.82) is 5.41 Å². The summed E-state index contributed by atoms with van der Waals surface area (Å²) in [6.07, 6.45) is 0. The SMILES string of the molecule is N=C1N=C(N)c2ccc(CS)cc21. The molecule has 13 heavy (non-hydrogen) atoms. The third-order valence-corrected chi connectivity index (χ3v) is 2.40. The lowest BCUT2D eigenvalue weighted by molar-refractivity contribution is 1.39. The number of nitrogens with two attached hydrogens (primary N) is 1. The molecule has 1 aliphatic rings. The number of nitrogens with one attached hydrogen (secondary N) is 1. The molecule has 0 radical (unpaired) electrons. The smallest absolute Gasteiger partial charge is 0.154 e. The molecule has 66 valence electrons. The van der Waals surface area contributed by atoms with Crippen molar-refractivity contribution in [2.24, 2.45) is 10.7 Å². The Morgan fingerprint density at radius 3 is 2.85 bits per heavy atom. The molecular formula is C9H9N3S. The number of aliphatic imine (C=N–C) groups is 1. The van der Waals surface area contributed by atoms with E-state index in [0.717, 1.165) is 16.7 Å². The summed E-state index contributed by atoms with van der Waals surface area (Å²) in [4.78, 5) is 3.89. The van der Waals surface area contributed by atoms with Crippen molar-refractivity contribution in [2.45, 2.75) is 5.75 Å². The van der Waals surface area contributed by atoms with E-state index in [9.17, 15) is 0 Å². The third-order valence-electron chi connectivity index (χ3n) is 2.03. The van der Waals surface area contributed by atoms with Gasteiger partial charge in [0.15, 0.2) is 5.84 Å². The maximum absolute atomic E-state index is 7.54. The van der Waals surface area contributed by atoms with Gasteiger partial charge in [0, 0.05) is 16.9 Å². The molecule has 1 heterocycles. The Balaban J connectivity index is 2.58. The standard InChI is InChI=1S/C9H9N3S/c10-8-6-2-1-5(4-13)3-7(6)9(11)12-8/h1-3,13H,4H2,(H3,10,11,12). The first-order valence-electron chi connectivity index (χ1n) is 3.89. The van der Waals surface area contributed by atoms with Crippen molar-refractivity contribution in [3.8, 4) is 0 Å². The van der Waals surface area contributed by atoms with Crippen molar-refractivity contribution >= 4 is 24.3 Å². The molecule has 0 aromatic heterocycles. The van der Waals surface area contributed by atoms with E-state index < -0.39 is 0 Å². The van der Waals surface area contributed by atoms with Crippen LogP contribution in [-0.2, 0) is 5.75 Å². The molecule has 0 unspecified atom stereocenters. The van der Waals surface area contributed by atoms with Gasteiger partial charge in [0.25, 0.3) is 0 Å². The first kappa shape index (κ1) is 8.31. The number of amidine groups is 2. The van der Waals surface area contributed by atoms with Crippen LogP contribution < -0.4 is 5.73 Å². The highest BCUT2D eigenvalue weighted by Gasteiger charge is 2.17. The number of fused-ring (bicyclic) bond motifs is 1. The topological polar surface area (TPSA) is 62.2 Å². The normalized spacial score (nSPS) is 14.2. The molecule has 0 saturated heterocycles. The minimum atomic E-state index is 0.246. The summed E-state index contributed by atoms with van der Waals surface area (Å²) in [6.45, 7) is 0. The molecule has 0 fully saturated rings. The molecule has 0 atom stereocenters. The van der Waals surface area contributed by atoms with Crippen molar-refractivity contribution in [1.82, 2.24) is 0 Å². The van der Waals surface area contributed by atoms with Gasteiger partial charge in [0.1, 0.15) is 5.84 Å². The molecule has 3 N–H and O–H groups in total. The van der Waals surface area contributed by atoms with Gasteiger partial charge in [-0.05, 0) is 11.6 Å². The maximum atomic E-state index is 7.54. The molecule has 3 nitrogen and oxygen atoms in total. The minimum Gasteiger partial charge on any atom is -0.383 e. The summed E-state index contributed by atoms with van der Waals surface area (Å²) in [5.74, 6) is 1.35. The highest BCUT2D eigenvalue weighted by molar-refractivity contribution is 7.79. The van der Waals surface area contributed by atoms with Crippen LogP contribution in [0.25, 0.3) is 0 Å². The second kappa shape index (κ2) is 2.88. The van der Waals surface area contributed by atoms with Gasteiger partial charge >= 0.3 is 0 Å². The summed E-state index contributed by atoms with van der Waals surface area (Å²) in [7, 11) is 0. The van der Waals surface area contributed by atoms with Gasteiger partial charge in [-0.2, -0.15) is 12.6 Å². The molecule has 1 aromatic rings. The van der Waals surface area contributed by atoms with Crippen LogP contribution in [0.2, 0.25) is 0 Å². The van der Waals surface area contributed by atoms with E-state index in [-0.39, 0.29) is 5.84 Å². The zero-order chi connectivity index (χ0) is 9.42. The minimum absolute atomic E-state index is 0.246. The molecule has 0 aliphatic carbocycles. The summed E-state index contributed by atoms with van der Waals surface area (Å²) in [5.41, 5.74) is 8.36. The lowest BCUT2D eigenvalue weighted by Gasteiger charge is -2.01. The first-order chi connectivity index (χ1) is 6.22. The Morgan fingerprint density at radius 2 is 2.15 bits per heavy atom. The maximum Gasteiger partial charge on any atom is 0.154 e. The number of hydrogen-bond donors (Lipinski definition) is 3. The Morgan fingerprint density at radius 1 is 1.38 bits per heavy atom. The van der Waals surface area contributed by atoms with Gasteiger partial charge in [-0.15, -0.1) is 0 Å². The number of benzene rings is 1. The van der Waals surface area contributed by atoms with Gasteiger partial charge < -0.3 is 5.73 Å². The fourth-order valence-corrected chi connectivity index (χ4v) is 1.55. The van der Waals surface area contributed by atoms with Gasteiger partial charge in [-0.1, -0.05) is 12.1 Å². The summed E-state index contributed by atoms with van der Waals surface area (Å²) in [6, 6.07) is 5.75. The van der Waals surface area contributed by atoms with Gasteiger partial charge in [0.05, 0.1) is 0 Å². The Hall–Kier alpha value is -1.29. The van der Waals surface area contributed by atoms with Crippen LogP contribution in [0.5, 0.6) is 0 Å². The fourth-order valence-electron chi connectivity index (χ4n) is 1.35. The molecule has 0 spiro atoms. The van der Waals surface area contributed by atoms with E-state index in [1.54, 1.807) is 0 Å². The second-order valence-corrected chi connectivity index (χ2v) is 3.20. The summed E-state index contributed by atoms with van der Waals surface area (Å²) < 4.78 is 0. The van der Waals surface area contributed by atoms with Crippen LogP contribution >= 0.6 is 12.6 Å². The molecule has 1 aromatic carbocycles. The second-order valence-electron chi connectivity index (χ2n) is 2.88. The van der Waals surface area contributed by atoms with Crippen LogP contribution in [0.1, 0.15) is 16.7 Å². The highest BCUT2D eigenvalue weighted by Crippen LogP contribution is 2.19. The summed E-state index contributed by atoms with van der Waals surface area (Å²) >= 11 is 4.16. The highest BCUT2D eigenvalue weighted by atomic mass is 32.1. The van der Waals surface area contributed by atoms with E-state index in [1.165, 1.54) is 0 Å². The quantitative estimate of drug-likeness (QED) is 0.573. The lowest BCUT2D eigenvalue weighted by atomic mass is 10.1. The zero-order valence-corrected chi connectivity index (χ0v) is 7.81. The van der Waals surface area contributed by atoms with Gasteiger partial charge in [-0.25, -0.2) is 4.99 Å². The number of nitrogens with zero attached hydrogens (tertiary/aromatic N) is 1. The van der Waals surface area contributed by atoms with Crippen molar-refractivity contribution in [2.75, 3.05) is 0 Å². The fraction of sp³-hybridized carbons (Fsp3) is 0.111. The lowest BCUT2D eigenvalue weighted by Crippen LogP contribution is -2.10. The van der Waals surface area contributed by atoms with Crippen LogP contribution in [0.15, 0.2) is 23.2 Å². The monoisotopic (exact) mass is 191 g/mol. The largest absolute Gasteiger partial charge is 0.383 e. The van der Waals surface area contributed by atoms with E-state index >= 15 is 0 Å². The molecular weight excluding hydrogens is 182 g/mol. The van der Waals surface area contributed by atoms with Crippen LogP contribution in [0.3, 0.4) is 0 Å². The Labute approximate surface area is 81.6 Å².